The van der Waals surface area contributed by atoms with E-state index in [1.807, 2.05) is 13.8 Å². The van der Waals surface area contributed by atoms with Gasteiger partial charge >= 0.3 is 11.7 Å². The molecule has 10 heteroatoms. The summed E-state index contributed by atoms with van der Waals surface area (Å²) in [4.78, 5) is 37.6. The van der Waals surface area contributed by atoms with Crippen molar-refractivity contribution >= 4 is 40.6 Å². The summed E-state index contributed by atoms with van der Waals surface area (Å²) in [6.07, 6.45) is 1.07. The van der Waals surface area contributed by atoms with Gasteiger partial charge < -0.3 is 9.47 Å². The van der Waals surface area contributed by atoms with Gasteiger partial charge in [-0.2, -0.15) is 4.98 Å². The maximum atomic E-state index is 12.7. The summed E-state index contributed by atoms with van der Waals surface area (Å²) in [5.41, 5.74) is 0.828. The Balaban J connectivity index is 1.96. The van der Waals surface area contributed by atoms with Gasteiger partial charge in [-0.15, -0.1) is 0 Å². The molecular formula is C24H24Cl2N4O4. The Hall–Kier alpha value is -3.23. The Bertz CT molecular complexity index is 1240. The lowest BCUT2D eigenvalue weighted by atomic mass is 10.2. The highest BCUT2D eigenvalue weighted by atomic mass is 35.5. The molecule has 0 N–H and O–H groups in total. The van der Waals surface area contributed by atoms with E-state index in [0.717, 1.165) is 11.9 Å². The predicted molar refractivity (Wildman–Crippen MR) is 131 cm³/mol. The van der Waals surface area contributed by atoms with E-state index >= 15 is 0 Å². The molecule has 0 radical (unpaired) electrons. The molecule has 3 aromatic rings. The Kier molecular flexibility index (Phi) is 8.79. The number of hydrogen-bond donors (Lipinski definition) is 0. The third kappa shape index (κ3) is 6.88. The number of benzene rings is 2. The van der Waals surface area contributed by atoms with Crippen LogP contribution in [0.25, 0.3) is 0 Å². The fourth-order valence-electron chi connectivity index (χ4n) is 3.05. The third-order valence-electron chi connectivity index (χ3n) is 4.55. The summed E-state index contributed by atoms with van der Waals surface area (Å²) in [6.45, 7) is 5.86. The lowest BCUT2D eigenvalue weighted by molar-refractivity contribution is -0.135. The van der Waals surface area contributed by atoms with Crippen LogP contribution < -0.4 is 10.4 Å². The second-order valence-electron chi connectivity index (χ2n) is 7.52. The number of ether oxygens (including phenoxy) is 2. The molecule has 0 amide bonds. The number of aliphatic imine (C=N–C) groups is 1. The maximum Gasteiger partial charge on any atom is 0.353 e. The van der Waals surface area contributed by atoms with Gasteiger partial charge in [0.15, 0.2) is 0 Å². The number of hydrogen-bond acceptors (Lipinski definition) is 7. The van der Waals surface area contributed by atoms with E-state index in [4.69, 9.17) is 32.7 Å². The highest BCUT2D eigenvalue weighted by molar-refractivity contribution is 6.37. The summed E-state index contributed by atoms with van der Waals surface area (Å²) < 4.78 is 12.2. The monoisotopic (exact) mass is 502 g/mol. The van der Waals surface area contributed by atoms with Crippen LogP contribution in [-0.4, -0.2) is 38.9 Å². The average Bonchev–Trinajstić information content (AvgIpc) is 2.78. The van der Waals surface area contributed by atoms with E-state index < -0.39 is 11.7 Å². The zero-order valence-corrected chi connectivity index (χ0v) is 20.5. The van der Waals surface area contributed by atoms with Crippen molar-refractivity contribution in [2.75, 3.05) is 6.61 Å². The van der Waals surface area contributed by atoms with E-state index in [9.17, 15) is 9.59 Å². The second-order valence-corrected chi connectivity index (χ2v) is 8.37. The molecule has 1 aromatic heterocycles. The van der Waals surface area contributed by atoms with Gasteiger partial charge in [-0.05, 0) is 56.7 Å². The largest absolute Gasteiger partial charge is 0.489 e. The molecule has 3 rings (SSSR count). The normalized spacial score (nSPS) is 11.5. The van der Waals surface area contributed by atoms with Crippen molar-refractivity contribution in [3.8, 4) is 5.75 Å². The van der Waals surface area contributed by atoms with Crippen LogP contribution in [0.15, 0.2) is 58.6 Å². The SMILES string of the molecule is CCOC(=O)C(Cc1ncnc(=O)n1Cc1ccc(Cl)cc1)=Nc1ccc(OC(C)C)c(Cl)c1. The van der Waals surface area contributed by atoms with Gasteiger partial charge in [0.1, 0.15) is 23.6 Å². The molecule has 1 heterocycles. The Morgan fingerprint density at radius 1 is 1.12 bits per heavy atom. The van der Waals surface area contributed by atoms with Crippen LogP contribution in [0.5, 0.6) is 5.75 Å². The van der Waals surface area contributed by atoms with Crippen LogP contribution in [0.4, 0.5) is 5.69 Å². The quantitative estimate of drug-likeness (QED) is 0.311. The minimum absolute atomic E-state index is 0.0444. The minimum atomic E-state index is -0.620. The van der Waals surface area contributed by atoms with Crippen LogP contribution in [-0.2, 0) is 22.5 Å². The fraction of sp³-hybridized carbons (Fsp3) is 0.292. The zero-order valence-electron chi connectivity index (χ0n) is 19.0. The van der Waals surface area contributed by atoms with E-state index in [1.54, 1.807) is 49.4 Å². The summed E-state index contributed by atoms with van der Waals surface area (Å²) in [7, 11) is 0. The van der Waals surface area contributed by atoms with E-state index in [2.05, 4.69) is 15.0 Å². The number of rotatable bonds is 9. The number of carbonyl (C=O) groups is 1. The molecule has 0 aliphatic rings. The highest BCUT2D eigenvalue weighted by Gasteiger charge is 2.18. The van der Waals surface area contributed by atoms with E-state index in [0.29, 0.717) is 27.3 Å². The minimum Gasteiger partial charge on any atom is -0.489 e. The number of halogens is 2. The summed E-state index contributed by atoms with van der Waals surface area (Å²) in [6, 6.07) is 12.0. The van der Waals surface area contributed by atoms with Gasteiger partial charge in [0.05, 0.1) is 36.4 Å². The molecule has 0 saturated carbocycles. The van der Waals surface area contributed by atoms with Gasteiger partial charge in [-0.1, -0.05) is 35.3 Å². The lowest BCUT2D eigenvalue weighted by Gasteiger charge is -2.13. The average molecular weight is 503 g/mol. The lowest BCUT2D eigenvalue weighted by Crippen LogP contribution is -2.30. The maximum absolute atomic E-state index is 12.7. The molecule has 0 aliphatic heterocycles. The first kappa shape index (κ1) is 25.4. The molecule has 2 aromatic carbocycles. The molecular weight excluding hydrogens is 479 g/mol. The molecule has 0 atom stereocenters. The molecule has 0 unspecified atom stereocenters. The summed E-state index contributed by atoms with van der Waals surface area (Å²) in [5.74, 6) is 0.207. The predicted octanol–water partition coefficient (Wildman–Crippen LogP) is 4.66. The summed E-state index contributed by atoms with van der Waals surface area (Å²) >= 11 is 12.3. The van der Waals surface area contributed by atoms with E-state index in [1.165, 1.54) is 4.57 Å². The Labute approximate surface area is 207 Å². The van der Waals surface area contributed by atoms with E-state index in [-0.39, 0.29) is 31.4 Å². The highest BCUT2D eigenvalue weighted by Crippen LogP contribution is 2.30. The number of nitrogens with zero attached hydrogens (tertiary/aromatic N) is 4. The van der Waals surface area contributed by atoms with Crippen LogP contribution >= 0.6 is 23.2 Å². The number of aromatic nitrogens is 3. The Morgan fingerprint density at radius 3 is 2.50 bits per heavy atom. The van der Waals surface area contributed by atoms with Crippen molar-refractivity contribution in [1.29, 1.82) is 0 Å². The first-order chi connectivity index (χ1) is 16.3. The third-order valence-corrected chi connectivity index (χ3v) is 5.10. The number of carbonyl (C=O) groups excluding carboxylic acids is 1. The first-order valence-electron chi connectivity index (χ1n) is 10.6. The molecule has 0 bridgehead atoms. The van der Waals surface area contributed by atoms with Crippen molar-refractivity contribution in [1.82, 2.24) is 14.5 Å². The van der Waals surface area contributed by atoms with Crippen molar-refractivity contribution in [2.45, 2.75) is 39.8 Å². The molecule has 0 saturated heterocycles. The second kappa shape index (κ2) is 11.8. The number of esters is 1. The van der Waals surface area contributed by atoms with Gasteiger partial charge in [0, 0.05) is 5.02 Å². The van der Waals surface area contributed by atoms with Crippen molar-refractivity contribution in [2.24, 2.45) is 4.99 Å². The standard InChI is InChI=1S/C24H24Cl2N4O4/c1-4-33-23(31)20(29-18-9-10-21(19(26)11-18)34-15(2)3)12-22-27-14-28-24(32)30(22)13-16-5-7-17(25)8-6-16/h5-11,14-15H,4,12-13H2,1-3H3. The molecule has 8 nitrogen and oxygen atoms in total. The van der Waals surface area contributed by atoms with Crippen LogP contribution in [0.1, 0.15) is 32.2 Å². The molecule has 0 spiro atoms. The molecule has 34 heavy (non-hydrogen) atoms. The fourth-order valence-corrected chi connectivity index (χ4v) is 3.40. The van der Waals surface area contributed by atoms with Crippen LogP contribution in [0, 0.1) is 0 Å². The van der Waals surface area contributed by atoms with Crippen molar-refractivity contribution in [3.63, 3.8) is 0 Å². The molecule has 0 fully saturated rings. The topological polar surface area (TPSA) is 95.7 Å². The Morgan fingerprint density at radius 2 is 1.85 bits per heavy atom. The molecule has 178 valence electrons. The van der Waals surface area contributed by atoms with Crippen molar-refractivity contribution < 1.29 is 14.3 Å². The van der Waals surface area contributed by atoms with Gasteiger partial charge in [0.2, 0.25) is 0 Å². The van der Waals surface area contributed by atoms with Crippen molar-refractivity contribution in [3.05, 3.63) is 80.7 Å². The van der Waals surface area contributed by atoms with Gasteiger partial charge in [-0.25, -0.2) is 19.6 Å². The molecule has 0 aliphatic carbocycles. The zero-order chi connectivity index (χ0) is 24.7. The van der Waals surface area contributed by atoms with Gasteiger partial charge in [0.25, 0.3) is 0 Å². The van der Waals surface area contributed by atoms with Crippen LogP contribution in [0.3, 0.4) is 0 Å². The summed E-state index contributed by atoms with van der Waals surface area (Å²) in [5, 5.41) is 0.945. The van der Waals surface area contributed by atoms with Gasteiger partial charge in [-0.3, -0.25) is 4.57 Å². The smallest absolute Gasteiger partial charge is 0.353 e. The van der Waals surface area contributed by atoms with Crippen LogP contribution in [0.2, 0.25) is 10.0 Å². The first-order valence-corrected chi connectivity index (χ1v) is 11.4.